The minimum atomic E-state index is -0.333. The van der Waals surface area contributed by atoms with Gasteiger partial charge in [-0.15, -0.1) is 10.2 Å². The van der Waals surface area contributed by atoms with Gasteiger partial charge in [0.15, 0.2) is 11.0 Å². The highest BCUT2D eigenvalue weighted by molar-refractivity contribution is 7.98. The smallest absolute Gasteiger partial charge is 0.319 e. The first-order valence-corrected chi connectivity index (χ1v) is 12.3. The van der Waals surface area contributed by atoms with Gasteiger partial charge in [0.05, 0.1) is 17.3 Å². The van der Waals surface area contributed by atoms with Gasteiger partial charge in [0.2, 0.25) is 0 Å². The Bertz CT molecular complexity index is 1320. The molecule has 0 saturated carbocycles. The number of hydrogen-bond acceptors (Lipinski definition) is 4. The molecule has 34 heavy (non-hydrogen) atoms. The zero-order chi connectivity index (χ0) is 24.1. The molecule has 0 fully saturated rings. The van der Waals surface area contributed by atoms with Gasteiger partial charge >= 0.3 is 6.03 Å². The Labute approximate surface area is 212 Å². The third-order valence-corrected chi connectivity index (χ3v) is 6.64. The van der Waals surface area contributed by atoms with Crippen LogP contribution in [-0.2, 0) is 12.3 Å². The number of nitrogens with one attached hydrogen (secondary N) is 2. The number of hydrogen-bond donors (Lipinski definition) is 2. The Balaban J connectivity index is 1.56. The van der Waals surface area contributed by atoms with E-state index in [4.69, 9.17) is 23.2 Å². The molecule has 0 saturated heterocycles. The molecule has 1 heterocycles. The van der Waals surface area contributed by atoms with E-state index in [-0.39, 0.29) is 12.6 Å². The number of aromatic nitrogens is 3. The van der Waals surface area contributed by atoms with Crippen molar-refractivity contribution in [1.29, 1.82) is 0 Å². The van der Waals surface area contributed by atoms with Crippen molar-refractivity contribution in [2.45, 2.75) is 31.3 Å². The Morgan fingerprint density at radius 3 is 2.59 bits per heavy atom. The molecule has 2 amide bonds. The largest absolute Gasteiger partial charge is 0.331 e. The van der Waals surface area contributed by atoms with Crippen LogP contribution in [0.4, 0.5) is 10.5 Å². The van der Waals surface area contributed by atoms with Crippen LogP contribution in [0.1, 0.15) is 22.5 Å². The van der Waals surface area contributed by atoms with Crippen molar-refractivity contribution < 1.29 is 4.79 Å². The molecule has 6 nitrogen and oxygen atoms in total. The second-order valence-corrected chi connectivity index (χ2v) is 9.52. The zero-order valence-electron chi connectivity index (χ0n) is 18.7. The van der Waals surface area contributed by atoms with Crippen LogP contribution in [0.25, 0.3) is 5.69 Å². The standard InChI is InChI=1S/C25H23Cl2N5OS/c1-16-6-5-8-18(12-16)15-34-25-31-30-23(32(25)22-11-10-19(26)13-20(22)27)14-28-24(33)29-21-9-4-3-7-17(21)2/h3-13H,14-15H2,1-2H3,(H2,28,29,33). The fourth-order valence-electron chi connectivity index (χ4n) is 3.40. The highest BCUT2D eigenvalue weighted by Crippen LogP contribution is 2.31. The van der Waals surface area contributed by atoms with Crippen molar-refractivity contribution in [1.82, 2.24) is 20.1 Å². The number of benzene rings is 3. The number of para-hydroxylation sites is 1. The molecule has 0 unspecified atom stereocenters. The lowest BCUT2D eigenvalue weighted by Crippen LogP contribution is -2.29. The molecule has 174 valence electrons. The van der Waals surface area contributed by atoms with Gasteiger partial charge in [-0.2, -0.15) is 0 Å². The van der Waals surface area contributed by atoms with E-state index >= 15 is 0 Å². The molecule has 0 atom stereocenters. The summed E-state index contributed by atoms with van der Waals surface area (Å²) in [6.07, 6.45) is 0. The number of urea groups is 1. The average Bonchev–Trinajstić information content (AvgIpc) is 3.20. The fourth-order valence-corrected chi connectivity index (χ4v) is 4.80. The number of nitrogens with zero attached hydrogens (tertiary/aromatic N) is 3. The molecule has 9 heteroatoms. The molecule has 0 spiro atoms. The zero-order valence-corrected chi connectivity index (χ0v) is 21.0. The summed E-state index contributed by atoms with van der Waals surface area (Å²) in [5, 5.41) is 16.1. The summed E-state index contributed by atoms with van der Waals surface area (Å²) < 4.78 is 1.85. The van der Waals surface area contributed by atoms with E-state index in [0.29, 0.717) is 32.5 Å². The summed E-state index contributed by atoms with van der Waals surface area (Å²) in [4.78, 5) is 12.5. The SMILES string of the molecule is Cc1cccc(CSc2nnc(CNC(=O)Nc3ccccc3C)n2-c2ccc(Cl)cc2Cl)c1. The molecule has 1 aromatic heterocycles. The van der Waals surface area contributed by atoms with E-state index in [1.165, 1.54) is 11.1 Å². The number of carbonyl (C=O) groups is 1. The highest BCUT2D eigenvalue weighted by Gasteiger charge is 2.18. The van der Waals surface area contributed by atoms with Crippen molar-refractivity contribution in [3.05, 3.63) is 99.3 Å². The molecule has 0 bridgehead atoms. The predicted molar refractivity (Wildman–Crippen MR) is 139 cm³/mol. The van der Waals surface area contributed by atoms with Gasteiger partial charge in [0, 0.05) is 16.5 Å². The second-order valence-electron chi connectivity index (χ2n) is 7.73. The van der Waals surface area contributed by atoms with E-state index in [2.05, 4.69) is 46.0 Å². The summed E-state index contributed by atoms with van der Waals surface area (Å²) in [5.41, 5.74) is 4.79. The van der Waals surface area contributed by atoms with Crippen molar-refractivity contribution in [3.63, 3.8) is 0 Å². The van der Waals surface area contributed by atoms with Crippen LogP contribution in [-0.4, -0.2) is 20.8 Å². The first-order chi connectivity index (χ1) is 16.4. The summed E-state index contributed by atoms with van der Waals surface area (Å²) in [7, 11) is 0. The van der Waals surface area contributed by atoms with Crippen LogP contribution < -0.4 is 10.6 Å². The Morgan fingerprint density at radius 2 is 1.82 bits per heavy atom. The lowest BCUT2D eigenvalue weighted by Gasteiger charge is -2.13. The maximum atomic E-state index is 12.5. The maximum Gasteiger partial charge on any atom is 0.319 e. The van der Waals surface area contributed by atoms with Crippen molar-refractivity contribution in [2.24, 2.45) is 0 Å². The van der Waals surface area contributed by atoms with Gasteiger partial charge in [-0.3, -0.25) is 4.57 Å². The minimum Gasteiger partial charge on any atom is -0.331 e. The number of carbonyl (C=O) groups excluding carboxylic acids is 1. The minimum absolute atomic E-state index is 0.161. The molecule has 0 radical (unpaired) electrons. The summed E-state index contributed by atoms with van der Waals surface area (Å²) >= 11 is 14.2. The van der Waals surface area contributed by atoms with E-state index in [1.54, 1.807) is 23.9 Å². The molecular formula is C25H23Cl2N5OS. The first-order valence-electron chi connectivity index (χ1n) is 10.6. The summed E-state index contributed by atoms with van der Waals surface area (Å²) in [5.74, 6) is 1.27. The Kier molecular flexibility index (Phi) is 7.77. The molecule has 0 aliphatic rings. The Hall–Kier alpha value is -3.00. The van der Waals surface area contributed by atoms with Crippen LogP contribution in [0.2, 0.25) is 10.0 Å². The monoisotopic (exact) mass is 511 g/mol. The molecule has 2 N–H and O–H groups in total. The van der Waals surface area contributed by atoms with Crippen molar-refractivity contribution in [3.8, 4) is 5.69 Å². The van der Waals surface area contributed by atoms with E-state index < -0.39 is 0 Å². The van der Waals surface area contributed by atoms with E-state index in [1.807, 2.05) is 47.9 Å². The lowest BCUT2D eigenvalue weighted by molar-refractivity contribution is 0.251. The number of anilines is 1. The van der Waals surface area contributed by atoms with Crippen LogP contribution in [0.5, 0.6) is 0 Å². The predicted octanol–water partition coefficient (Wildman–Crippen LogP) is 6.80. The van der Waals surface area contributed by atoms with Gasteiger partial charge in [-0.05, 0) is 49.2 Å². The maximum absolute atomic E-state index is 12.5. The molecule has 4 rings (SSSR count). The number of amides is 2. The first kappa shape index (κ1) is 24.1. The third kappa shape index (κ3) is 5.91. The van der Waals surface area contributed by atoms with Crippen LogP contribution in [0.3, 0.4) is 0 Å². The number of halogens is 2. The van der Waals surface area contributed by atoms with E-state index in [0.717, 1.165) is 11.3 Å². The van der Waals surface area contributed by atoms with Crippen LogP contribution in [0, 0.1) is 13.8 Å². The summed E-state index contributed by atoms with van der Waals surface area (Å²) in [6.45, 7) is 4.16. The van der Waals surface area contributed by atoms with Gasteiger partial charge in [-0.25, -0.2) is 4.79 Å². The van der Waals surface area contributed by atoms with Gasteiger partial charge in [0.1, 0.15) is 0 Å². The van der Waals surface area contributed by atoms with E-state index in [9.17, 15) is 4.79 Å². The molecular weight excluding hydrogens is 489 g/mol. The lowest BCUT2D eigenvalue weighted by atomic mass is 10.2. The fraction of sp³-hybridized carbons (Fsp3) is 0.160. The molecule has 0 aliphatic heterocycles. The van der Waals surface area contributed by atoms with Gasteiger partial charge in [-0.1, -0.05) is 83.0 Å². The molecule has 4 aromatic rings. The topological polar surface area (TPSA) is 71.8 Å². The number of aryl methyl sites for hydroxylation is 2. The number of rotatable bonds is 7. The molecule has 0 aliphatic carbocycles. The van der Waals surface area contributed by atoms with Crippen molar-refractivity contribution in [2.75, 3.05) is 5.32 Å². The number of thioether (sulfide) groups is 1. The normalized spacial score (nSPS) is 10.8. The highest BCUT2D eigenvalue weighted by atomic mass is 35.5. The Morgan fingerprint density at radius 1 is 1.00 bits per heavy atom. The van der Waals surface area contributed by atoms with Crippen LogP contribution >= 0.6 is 35.0 Å². The summed E-state index contributed by atoms with van der Waals surface area (Å²) in [6, 6.07) is 20.8. The van der Waals surface area contributed by atoms with Gasteiger partial charge in [0.25, 0.3) is 0 Å². The quantitative estimate of drug-likeness (QED) is 0.267. The third-order valence-electron chi connectivity index (χ3n) is 5.10. The molecule has 3 aromatic carbocycles. The second kappa shape index (κ2) is 11.0. The van der Waals surface area contributed by atoms with Crippen LogP contribution in [0.15, 0.2) is 71.9 Å². The average molecular weight is 512 g/mol. The van der Waals surface area contributed by atoms with Gasteiger partial charge < -0.3 is 10.6 Å². The van der Waals surface area contributed by atoms with Crippen molar-refractivity contribution >= 4 is 46.7 Å².